The van der Waals surface area contributed by atoms with Crippen LogP contribution in [0.1, 0.15) is 42.4 Å². The molecule has 2 aromatic heterocycles. The van der Waals surface area contributed by atoms with E-state index < -0.39 is 0 Å². The molecule has 3 rings (SSSR count). The number of carbonyl (C=O) groups is 1. The fraction of sp³-hybridized carbons (Fsp3) is 0.500. The van der Waals surface area contributed by atoms with Gasteiger partial charge in [-0.05, 0) is 31.2 Å². The van der Waals surface area contributed by atoms with E-state index in [1.807, 2.05) is 42.2 Å². The summed E-state index contributed by atoms with van der Waals surface area (Å²) in [6, 6.07) is 4.15. The summed E-state index contributed by atoms with van der Waals surface area (Å²) < 4.78 is 7.81. The van der Waals surface area contributed by atoms with Crippen LogP contribution in [0, 0.1) is 0 Å². The quantitative estimate of drug-likeness (QED) is 0.942. The zero-order valence-electron chi connectivity index (χ0n) is 12.9. The maximum absolute atomic E-state index is 12.4. The van der Waals surface area contributed by atoms with Gasteiger partial charge in [0, 0.05) is 24.6 Å². The first kappa shape index (κ1) is 15.2. The summed E-state index contributed by atoms with van der Waals surface area (Å²) in [7, 11) is 1.97. The number of thiophene rings is 1. The van der Waals surface area contributed by atoms with Gasteiger partial charge in [-0.15, -0.1) is 11.3 Å². The van der Waals surface area contributed by atoms with Gasteiger partial charge in [0.15, 0.2) is 0 Å². The molecule has 1 aliphatic heterocycles. The number of hydrogen-bond acceptors (Lipinski definition) is 4. The molecule has 0 saturated carbocycles. The van der Waals surface area contributed by atoms with Crippen molar-refractivity contribution in [2.75, 3.05) is 6.61 Å². The molecule has 0 unspecified atom stereocenters. The van der Waals surface area contributed by atoms with Crippen LogP contribution in [0.15, 0.2) is 30.0 Å². The van der Waals surface area contributed by atoms with Crippen LogP contribution < -0.4 is 5.32 Å². The molecule has 6 heteroatoms. The van der Waals surface area contributed by atoms with Gasteiger partial charge < -0.3 is 14.6 Å². The molecular formula is C16H21N3O2S. The first-order valence-corrected chi connectivity index (χ1v) is 8.44. The van der Waals surface area contributed by atoms with E-state index >= 15 is 0 Å². The number of rotatable bonds is 4. The molecule has 22 heavy (non-hydrogen) atoms. The van der Waals surface area contributed by atoms with Crippen LogP contribution in [0.2, 0.25) is 0 Å². The minimum absolute atomic E-state index is 0.00333. The van der Waals surface area contributed by atoms with Gasteiger partial charge in [0.05, 0.1) is 24.1 Å². The Morgan fingerprint density at radius 1 is 1.59 bits per heavy atom. The lowest BCUT2D eigenvalue weighted by Crippen LogP contribution is -2.41. The molecule has 118 valence electrons. The molecule has 1 fully saturated rings. The molecule has 3 heterocycles. The van der Waals surface area contributed by atoms with Crippen molar-refractivity contribution in [3.05, 3.63) is 40.6 Å². The zero-order chi connectivity index (χ0) is 15.5. The highest BCUT2D eigenvalue weighted by Gasteiger charge is 2.28. The van der Waals surface area contributed by atoms with Gasteiger partial charge >= 0.3 is 0 Å². The highest BCUT2D eigenvalue weighted by Crippen LogP contribution is 2.28. The Hall–Kier alpha value is -1.66. The van der Waals surface area contributed by atoms with Crippen molar-refractivity contribution in [3.8, 4) is 0 Å². The van der Waals surface area contributed by atoms with Gasteiger partial charge in [-0.25, -0.2) is 4.98 Å². The number of aromatic nitrogens is 2. The first-order chi connectivity index (χ1) is 10.6. The van der Waals surface area contributed by atoms with E-state index in [9.17, 15) is 4.79 Å². The molecule has 2 aromatic rings. The Morgan fingerprint density at radius 3 is 3.14 bits per heavy atom. The van der Waals surface area contributed by atoms with Crippen molar-refractivity contribution < 1.29 is 9.53 Å². The summed E-state index contributed by atoms with van der Waals surface area (Å²) in [5.74, 6) is -0.00361. The van der Waals surface area contributed by atoms with E-state index in [0.717, 1.165) is 23.4 Å². The second-order valence-corrected chi connectivity index (χ2v) is 6.74. The highest BCUT2D eigenvalue weighted by molar-refractivity contribution is 7.10. The predicted octanol–water partition coefficient (Wildman–Crippen LogP) is 2.62. The lowest BCUT2D eigenvalue weighted by Gasteiger charge is -2.30. The summed E-state index contributed by atoms with van der Waals surface area (Å²) in [6.45, 7) is 2.62. The third-order valence-corrected chi connectivity index (χ3v) is 5.23. The van der Waals surface area contributed by atoms with Crippen LogP contribution in [0.3, 0.4) is 0 Å². The molecule has 1 aliphatic rings. The topological polar surface area (TPSA) is 56.1 Å². The third kappa shape index (κ3) is 3.23. The number of nitrogens with one attached hydrogen (secondary N) is 1. The lowest BCUT2D eigenvalue weighted by molar-refractivity contribution is -0.124. The Bertz CT molecular complexity index is 623. The molecule has 3 atom stereocenters. The first-order valence-electron chi connectivity index (χ1n) is 7.56. The molecule has 0 spiro atoms. The summed E-state index contributed by atoms with van der Waals surface area (Å²) >= 11 is 1.62. The number of hydrogen-bond donors (Lipinski definition) is 1. The molecule has 1 saturated heterocycles. The van der Waals surface area contributed by atoms with Gasteiger partial charge in [0.2, 0.25) is 5.91 Å². The van der Waals surface area contributed by atoms with Crippen LogP contribution in [0.5, 0.6) is 0 Å². The maximum atomic E-state index is 12.4. The average Bonchev–Trinajstić information content (AvgIpc) is 3.18. The van der Waals surface area contributed by atoms with Crippen molar-refractivity contribution in [2.45, 2.75) is 37.8 Å². The molecule has 0 bridgehead atoms. The molecule has 1 N–H and O–H groups in total. The van der Waals surface area contributed by atoms with Gasteiger partial charge in [-0.2, -0.15) is 0 Å². The van der Waals surface area contributed by atoms with Gasteiger partial charge in [0.25, 0.3) is 0 Å². The normalized spacial score (nSPS) is 23.2. The van der Waals surface area contributed by atoms with Crippen molar-refractivity contribution in [1.29, 1.82) is 0 Å². The average molecular weight is 319 g/mol. The highest BCUT2D eigenvalue weighted by atomic mass is 32.1. The number of carbonyl (C=O) groups excluding carboxylic acids is 1. The summed E-state index contributed by atoms with van der Waals surface area (Å²) in [6.07, 6.45) is 5.27. The summed E-state index contributed by atoms with van der Waals surface area (Å²) in [5.41, 5.74) is 1.06. The Balaban J connectivity index is 1.61. The summed E-state index contributed by atoms with van der Waals surface area (Å²) in [4.78, 5) is 17.7. The van der Waals surface area contributed by atoms with Crippen molar-refractivity contribution in [2.24, 2.45) is 7.05 Å². The number of imidazole rings is 1. The van der Waals surface area contributed by atoms with Crippen LogP contribution in [-0.2, 0) is 16.6 Å². The Labute approximate surface area is 134 Å². The fourth-order valence-electron chi connectivity index (χ4n) is 2.80. The molecule has 0 aromatic carbocycles. The van der Waals surface area contributed by atoms with Crippen molar-refractivity contribution in [3.63, 3.8) is 0 Å². The van der Waals surface area contributed by atoms with E-state index in [-0.39, 0.29) is 24.0 Å². The van der Waals surface area contributed by atoms with E-state index in [2.05, 4.69) is 10.3 Å². The minimum atomic E-state index is -0.0991. The van der Waals surface area contributed by atoms with Crippen LogP contribution in [-0.4, -0.2) is 28.1 Å². The van der Waals surface area contributed by atoms with Crippen LogP contribution in [0.4, 0.5) is 0 Å². The molecular weight excluding hydrogens is 298 g/mol. The van der Waals surface area contributed by atoms with Crippen LogP contribution >= 0.6 is 11.3 Å². The smallest absolute Gasteiger partial charge is 0.228 e. The molecule has 5 nitrogen and oxygen atoms in total. The lowest BCUT2D eigenvalue weighted by atomic mass is 10.00. The number of aryl methyl sites for hydroxylation is 1. The van der Waals surface area contributed by atoms with Crippen molar-refractivity contribution in [1.82, 2.24) is 14.9 Å². The Morgan fingerprint density at radius 2 is 2.45 bits per heavy atom. The molecule has 0 aliphatic carbocycles. The monoisotopic (exact) mass is 319 g/mol. The van der Waals surface area contributed by atoms with Gasteiger partial charge in [-0.3, -0.25) is 4.79 Å². The van der Waals surface area contributed by atoms with E-state index in [1.165, 1.54) is 0 Å². The van der Waals surface area contributed by atoms with E-state index in [4.69, 9.17) is 4.74 Å². The maximum Gasteiger partial charge on any atom is 0.228 e. The number of nitrogens with zero attached hydrogens (tertiary/aromatic N) is 2. The standard InChI is InChI=1S/C16H21N3O2S/c1-11(15-4-3-7-22-15)16(20)18-12-5-6-21-14(8-12)13-9-17-10-19(13)2/h3-4,7,9-12,14H,5-6,8H2,1-2H3,(H,18,20)/t11-,12+,14+/m0/s1. The summed E-state index contributed by atoms with van der Waals surface area (Å²) in [5, 5.41) is 5.18. The van der Waals surface area contributed by atoms with E-state index in [0.29, 0.717) is 6.61 Å². The molecule has 1 amide bonds. The number of ether oxygens (including phenoxy) is 1. The third-order valence-electron chi connectivity index (χ3n) is 4.18. The van der Waals surface area contributed by atoms with Crippen molar-refractivity contribution >= 4 is 17.2 Å². The predicted molar refractivity (Wildman–Crippen MR) is 85.8 cm³/mol. The SMILES string of the molecule is C[C@H](C(=O)N[C@@H]1CCO[C@@H](c2cncn2C)C1)c1cccs1. The Kier molecular flexibility index (Phi) is 4.59. The number of amides is 1. The van der Waals surface area contributed by atoms with Crippen LogP contribution in [0.25, 0.3) is 0 Å². The van der Waals surface area contributed by atoms with Gasteiger partial charge in [-0.1, -0.05) is 6.07 Å². The minimum Gasteiger partial charge on any atom is -0.372 e. The fourth-order valence-corrected chi connectivity index (χ4v) is 3.59. The second kappa shape index (κ2) is 6.62. The zero-order valence-corrected chi connectivity index (χ0v) is 13.7. The van der Waals surface area contributed by atoms with E-state index in [1.54, 1.807) is 17.7 Å². The molecule has 0 radical (unpaired) electrons. The largest absolute Gasteiger partial charge is 0.372 e. The second-order valence-electron chi connectivity index (χ2n) is 5.76. The van der Waals surface area contributed by atoms with Gasteiger partial charge in [0.1, 0.15) is 6.10 Å².